The summed E-state index contributed by atoms with van der Waals surface area (Å²) in [6.45, 7) is 4.39. The van der Waals surface area contributed by atoms with Gasteiger partial charge in [0.1, 0.15) is 5.82 Å². The van der Waals surface area contributed by atoms with Crippen molar-refractivity contribution >= 4 is 11.3 Å². The van der Waals surface area contributed by atoms with Gasteiger partial charge in [0.2, 0.25) is 0 Å². The number of rotatable bonds is 5. The van der Waals surface area contributed by atoms with Crippen LogP contribution >= 0.6 is 11.3 Å². The zero-order chi connectivity index (χ0) is 16.2. The SMILES string of the molecule is CCCCc1ccc(C)c(-c2ccc(-c3ccc(F)cc3)s2)c1. The minimum atomic E-state index is -0.190. The summed E-state index contributed by atoms with van der Waals surface area (Å²) in [5, 5.41) is 0. The van der Waals surface area contributed by atoms with Crippen molar-refractivity contribution in [3.8, 4) is 20.9 Å². The summed E-state index contributed by atoms with van der Waals surface area (Å²) < 4.78 is 13.1. The van der Waals surface area contributed by atoms with E-state index >= 15 is 0 Å². The van der Waals surface area contributed by atoms with Gasteiger partial charge >= 0.3 is 0 Å². The van der Waals surface area contributed by atoms with Crippen LogP contribution in [-0.2, 0) is 6.42 Å². The Hall–Kier alpha value is -1.93. The molecule has 23 heavy (non-hydrogen) atoms. The Labute approximate surface area is 141 Å². The first kappa shape index (κ1) is 15.9. The molecule has 2 heteroatoms. The Balaban J connectivity index is 1.92. The Morgan fingerprint density at radius 2 is 1.65 bits per heavy atom. The molecule has 2 aromatic carbocycles. The summed E-state index contributed by atoms with van der Waals surface area (Å²) in [5.41, 5.74) is 5.10. The molecular weight excluding hydrogens is 303 g/mol. The third-order valence-corrected chi connectivity index (χ3v) is 5.29. The van der Waals surface area contributed by atoms with Crippen LogP contribution in [0.3, 0.4) is 0 Å². The van der Waals surface area contributed by atoms with E-state index in [1.807, 2.05) is 12.1 Å². The summed E-state index contributed by atoms with van der Waals surface area (Å²) in [4.78, 5) is 2.46. The van der Waals surface area contributed by atoms with Crippen molar-refractivity contribution in [2.24, 2.45) is 0 Å². The van der Waals surface area contributed by atoms with Crippen LogP contribution in [0.2, 0.25) is 0 Å². The predicted molar refractivity (Wildman–Crippen MR) is 98.5 cm³/mol. The van der Waals surface area contributed by atoms with E-state index < -0.39 is 0 Å². The van der Waals surface area contributed by atoms with Gasteiger partial charge in [-0.2, -0.15) is 0 Å². The number of hydrogen-bond acceptors (Lipinski definition) is 1. The van der Waals surface area contributed by atoms with Gasteiger partial charge in [0.25, 0.3) is 0 Å². The lowest BCUT2D eigenvalue weighted by Crippen LogP contribution is -1.88. The topological polar surface area (TPSA) is 0 Å². The van der Waals surface area contributed by atoms with Gasteiger partial charge in [-0.25, -0.2) is 4.39 Å². The van der Waals surface area contributed by atoms with E-state index in [0.29, 0.717) is 0 Å². The molecule has 0 saturated heterocycles. The largest absolute Gasteiger partial charge is 0.207 e. The van der Waals surface area contributed by atoms with E-state index in [-0.39, 0.29) is 5.82 Å². The van der Waals surface area contributed by atoms with Gasteiger partial charge in [-0.3, -0.25) is 0 Å². The number of unbranched alkanes of at least 4 members (excludes halogenated alkanes) is 1. The summed E-state index contributed by atoms with van der Waals surface area (Å²) in [6, 6.07) is 17.8. The Morgan fingerprint density at radius 1 is 0.913 bits per heavy atom. The molecule has 0 amide bonds. The molecule has 0 atom stereocenters. The molecular formula is C21H21FS. The standard InChI is InChI=1S/C21H21FS/c1-3-4-5-16-7-6-15(2)19(14-16)21-13-12-20(23-21)17-8-10-18(22)11-9-17/h6-14H,3-5H2,1-2H3. The Morgan fingerprint density at radius 3 is 2.39 bits per heavy atom. The summed E-state index contributed by atoms with van der Waals surface area (Å²) >= 11 is 1.77. The van der Waals surface area contributed by atoms with E-state index in [2.05, 4.69) is 44.2 Å². The lowest BCUT2D eigenvalue weighted by atomic mass is 10.0. The van der Waals surface area contributed by atoms with E-state index in [1.54, 1.807) is 11.3 Å². The fraction of sp³-hybridized carbons (Fsp3) is 0.238. The molecule has 0 fully saturated rings. The summed E-state index contributed by atoms with van der Waals surface area (Å²) in [6.07, 6.45) is 3.59. The van der Waals surface area contributed by atoms with Gasteiger partial charge < -0.3 is 0 Å². The summed E-state index contributed by atoms with van der Waals surface area (Å²) in [5.74, 6) is -0.190. The minimum Gasteiger partial charge on any atom is -0.207 e. The van der Waals surface area contributed by atoms with E-state index in [4.69, 9.17) is 0 Å². The van der Waals surface area contributed by atoms with Gasteiger partial charge in [-0.1, -0.05) is 43.7 Å². The fourth-order valence-corrected chi connectivity index (χ4v) is 3.82. The van der Waals surface area contributed by atoms with E-state index in [9.17, 15) is 4.39 Å². The second-order valence-corrected chi connectivity index (χ2v) is 7.01. The van der Waals surface area contributed by atoms with Crippen molar-refractivity contribution in [3.63, 3.8) is 0 Å². The molecule has 3 rings (SSSR count). The molecule has 0 spiro atoms. The first-order valence-electron chi connectivity index (χ1n) is 8.13. The molecule has 0 nitrogen and oxygen atoms in total. The highest BCUT2D eigenvalue weighted by Crippen LogP contribution is 2.36. The number of halogens is 1. The molecule has 118 valence electrons. The lowest BCUT2D eigenvalue weighted by Gasteiger charge is -2.07. The molecule has 0 aliphatic rings. The number of hydrogen-bond donors (Lipinski definition) is 0. The second kappa shape index (κ2) is 7.10. The van der Waals surface area contributed by atoms with E-state index in [0.717, 1.165) is 12.0 Å². The van der Waals surface area contributed by atoms with Crippen LogP contribution in [0.5, 0.6) is 0 Å². The molecule has 0 saturated carbocycles. The molecule has 3 aromatic rings. The van der Waals surface area contributed by atoms with Gasteiger partial charge in [-0.15, -0.1) is 11.3 Å². The highest BCUT2D eigenvalue weighted by Gasteiger charge is 2.08. The highest BCUT2D eigenvalue weighted by molar-refractivity contribution is 7.18. The fourth-order valence-electron chi connectivity index (χ4n) is 2.72. The highest BCUT2D eigenvalue weighted by atomic mass is 32.1. The number of thiophene rings is 1. The van der Waals surface area contributed by atoms with Crippen molar-refractivity contribution in [2.75, 3.05) is 0 Å². The second-order valence-electron chi connectivity index (χ2n) is 5.92. The minimum absolute atomic E-state index is 0.190. The van der Waals surface area contributed by atoms with Crippen LogP contribution < -0.4 is 0 Å². The Bertz CT molecular complexity index is 784. The zero-order valence-electron chi connectivity index (χ0n) is 13.6. The third kappa shape index (κ3) is 3.70. The average Bonchev–Trinajstić information content (AvgIpc) is 3.04. The predicted octanol–water partition coefficient (Wildman–Crippen LogP) is 6.87. The Kier molecular flexibility index (Phi) is 4.92. The first-order chi connectivity index (χ1) is 11.2. The van der Waals surface area contributed by atoms with Crippen molar-refractivity contribution in [1.29, 1.82) is 0 Å². The number of benzene rings is 2. The lowest BCUT2D eigenvalue weighted by molar-refractivity contribution is 0.628. The van der Waals surface area contributed by atoms with Gasteiger partial charge in [-0.05, 0) is 66.3 Å². The van der Waals surface area contributed by atoms with Crippen molar-refractivity contribution in [3.05, 3.63) is 71.5 Å². The molecule has 0 aliphatic heterocycles. The molecule has 0 aliphatic carbocycles. The van der Waals surface area contributed by atoms with Crippen LogP contribution in [0, 0.1) is 12.7 Å². The molecule has 0 unspecified atom stereocenters. The smallest absolute Gasteiger partial charge is 0.123 e. The number of aryl methyl sites for hydroxylation is 2. The van der Waals surface area contributed by atoms with Crippen LogP contribution in [0.25, 0.3) is 20.9 Å². The van der Waals surface area contributed by atoms with Crippen LogP contribution in [0.4, 0.5) is 4.39 Å². The van der Waals surface area contributed by atoms with Crippen molar-refractivity contribution in [1.82, 2.24) is 0 Å². The van der Waals surface area contributed by atoms with Crippen LogP contribution in [-0.4, -0.2) is 0 Å². The molecule has 0 radical (unpaired) electrons. The normalized spacial score (nSPS) is 10.9. The first-order valence-corrected chi connectivity index (χ1v) is 8.94. The maximum absolute atomic E-state index is 13.1. The quantitative estimate of drug-likeness (QED) is 0.480. The monoisotopic (exact) mass is 324 g/mol. The molecule has 0 bridgehead atoms. The molecule has 1 aromatic heterocycles. The van der Waals surface area contributed by atoms with Gasteiger partial charge in [0.05, 0.1) is 0 Å². The maximum Gasteiger partial charge on any atom is 0.123 e. The maximum atomic E-state index is 13.1. The molecule has 0 N–H and O–H groups in total. The van der Waals surface area contributed by atoms with E-state index in [1.165, 1.54) is 51.4 Å². The zero-order valence-corrected chi connectivity index (χ0v) is 14.4. The van der Waals surface area contributed by atoms with Crippen LogP contribution in [0.15, 0.2) is 54.6 Å². The average molecular weight is 324 g/mol. The third-order valence-electron chi connectivity index (χ3n) is 4.12. The molecule has 1 heterocycles. The summed E-state index contributed by atoms with van der Waals surface area (Å²) in [7, 11) is 0. The van der Waals surface area contributed by atoms with Gasteiger partial charge in [0.15, 0.2) is 0 Å². The van der Waals surface area contributed by atoms with Gasteiger partial charge in [0, 0.05) is 9.75 Å². The van der Waals surface area contributed by atoms with Crippen LogP contribution in [0.1, 0.15) is 30.9 Å². The van der Waals surface area contributed by atoms with Crippen molar-refractivity contribution in [2.45, 2.75) is 33.1 Å². The van der Waals surface area contributed by atoms with Crippen molar-refractivity contribution < 1.29 is 4.39 Å².